The normalized spacial score (nSPS) is 18.2. The van der Waals surface area contributed by atoms with Crippen LogP contribution in [-0.2, 0) is 6.54 Å². The van der Waals surface area contributed by atoms with Crippen molar-refractivity contribution in [3.63, 3.8) is 0 Å². The summed E-state index contributed by atoms with van der Waals surface area (Å²) in [4.78, 5) is 2.49. The molecule has 1 aliphatic rings. The first kappa shape index (κ1) is 19.9. The summed E-state index contributed by atoms with van der Waals surface area (Å²) in [5, 5.41) is 0. The molecule has 0 aromatic heterocycles. The van der Waals surface area contributed by atoms with Crippen LogP contribution in [0.15, 0.2) is 12.1 Å². The molecular weight excluding hydrogens is 316 g/mol. The van der Waals surface area contributed by atoms with E-state index in [-0.39, 0.29) is 12.4 Å². The van der Waals surface area contributed by atoms with Gasteiger partial charge in [-0.05, 0) is 56.0 Å². The van der Waals surface area contributed by atoms with Gasteiger partial charge in [-0.15, -0.1) is 12.4 Å². The average Bonchev–Trinajstić information content (AvgIpc) is 2.54. The minimum atomic E-state index is 0. The van der Waals surface area contributed by atoms with Crippen LogP contribution in [0.5, 0.6) is 17.2 Å². The molecule has 0 aliphatic carbocycles. The summed E-state index contributed by atoms with van der Waals surface area (Å²) in [5.74, 6) is 2.80. The minimum absolute atomic E-state index is 0. The second-order valence-electron chi connectivity index (χ2n) is 5.85. The minimum Gasteiger partial charge on any atom is -0.493 e. The zero-order chi connectivity index (χ0) is 15.9. The molecule has 0 bridgehead atoms. The lowest BCUT2D eigenvalue weighted by atomic mass is 9.94. The van der Waals surface area contributed by atoms with Crippen LogP contribution in [-0.4, -0.2) is 45.9 Å². The Balaban J connectivity index is 0.00000264. The number of rotatable bonds is 7. The maximum Gasteiger partial charge on any atom is 0.203 e. The van der Waals surface area contributed by atoms with Crippen LogP contribution in [0.4, 0.5) is 0 Å². The number of nitrogens with zero attached hydrogens (tertiary/aromatic N) is 1. The second-order valence-corrected chi connectivity index (χ2v) is 5.85. The molecule has 1 heterocycles. The fraction of sp³-hybridized carbons (Fsp3) is 0.647. The van der Waals surface area contributed by atoms with Gasteiger partial charge in [0.25, 0.3) is 0 Å². The molecule has 1 saturated heterocycles. The van der Waals surface area contributed by atoms with Crippen LogP contribution in [0.25, 0.3) is 0 Å². The Morgan fingerprint density at radius 1 is 1.13 bits per heavy atom. The van der Waals surface area contributed by atoms with Crippen LogP contribution in [0.1, 0.15) is 24.8 Å². The topological polar surface area (TPSA) is 57.0 Å². The van der Waals surface area contributed by atoms with Crippen molar-refractivity contribution < 1.29 is 14.2 Å². The van der Waals surface area contributed by atoms with E-state index in [0.29, 0.717) is 17.2 Å². The number of piperidine rings is 1. The fourth-order valence-corrected chi connectivity index (χ4v) is 3.25. The molecule has 0 spiro atoms. The Kier molecular flexibility index (Phi) is 8.52. The molecular formula is C17H29ClN2O3. The Bertz CT molecular complexity index is 458. The molecule has 0 radical (unpaired) electrons. The van der Waals surface area contributed by atoms with E-state index >= 15 is 0 Å². The third-order valence-electron chi connectivity index (χ3n) is 4.31. The summed E-state index contributed by atoms with van der Waals surface area (Å²) in [6.07, 6.45) is 3.66. The summed E-state index contributed by atoms with van der Waals surface area (Å²) in [6, 6.07) is 4.07. The monoisotopic (exact) mass is 344 g/mol. The van der Waals surface area contributed by atoms with Gasteiger partial charge >= 0.3 is 0 Å². The van der Waals surface area contributed by atoms with Crippen LogP contribution in [0.3, 0.4) is 0 Å². The number of ether oxygens (including phenoxy) is 3. The Hall–Kier alpha value is -1.17. The molecule has 2 N–H and O–H groups in total. The molecule has 1 aromatic rings. The smallest absolute Gasteiger partial charge is 0.203 e. The molecule has 1 aliphatic heterocycles. The predicted octanol–water partition coefficient (Wildman–Crippen LogP) is 2.70. The second kappa shape index (κ2) is 9.85. The van der Waals surface area contributed by atoms with Crippen LogP contribution in [0, 0.1) is 5.92 Å². The highest BCUT2D eigenvalue weighted by molar-refractivity contribution is 5.85. The molecule has 6 heteroatoms. The lowest BCUT2D eigenvalue weighted by Crippen LogP contribution is -2.35. The van der Waals surface area contributed by atoms with Gasteiger partial charge in [0.2, 0.25) is 5.75 Å². The van der Waals surface area contributed by atoms with Crippen molar-refractivity contribution in [2.24, 2.45) is 11.7 Å². The quantitative estimate of drug-likeness (QED) is 0.824. The predicted molar refractivity (Wildman–Crippen MR) is 95.0 cm³/mol. The van der Waals surface area contributed by atoms with Gasteiger partial charge in [-0.25, -0.2) is 0 Å². The van der Waals surface area contributed by atoms with E-state index in [9.17, 15) is 0 Å². The third kappa shape index (κ3) is 5.16. The lowest BCUT2D eigenvalue weighted by Gasteiger charge is -2.32. The number of halogens is 1. The first-order chi connectivity index (χ1) is 10.7. The molecule has 23 heavy (non-hydrogen) atoms. The molecule has 1 fully saturated rings. The number of methoxy groups -OCH3 is 3. The van der Waals surface area contributed by atoms with Crippen molar-refractivity contribution >= 4 is 12.4 Å². The van der Waals surface area contributed by atoms with Crippen molar-refractivity contribution in [1.82, 2.24) is 4.90 Å². The van der Waals surface area contributed by atoms with Crippen molar-refractivity contribution in [2.45, 2.75) is 25.8 Å². The lowest BCUT2D eigenvalue weighted by molar-refractivity contribution is 0.162. The van der Waals surface area contributed by atoms with Gasteiger partial charge in [0.15, 0.2) is 11.5 Å². The van der Waals surface area contributed by atoms with E-state index in [4.69, 9.17) is 19.9 Å². The molecule has 5 nitrogen and oxygen atoms in total. The molecule has 1 atom stereocenters. The molecule has 1 aromatic carbocycles. The highest BCUT2D eigenvalue weighted by atomic mass is 35.5. The van der Waals surface area contributed by atoms with Crippen LogP contribution >= 0.6 is 12.4 Å². The van der Waals surface area contributed by atoms with E-state index in [1.54, 1.807) is 21.3 Å². The molecule has 0 amide bonds. The zero-order valence-electron chi connectivity index (χ0n) is 14.3. The number of hydrogen-bond donors (Lipinski definition) is 1. The Morgan fingerprint density at radius 3 is 2.30 bits per heavy atom. The maximum absolute atomic E-state index is 5.70. The van der Waals surface area contributed by atoms with Crippen molar-refractivity contribution in [3.05, 3.63) is 17.7 Å². The molecule has 132 valence electrons. The van der Waals surface area contributed by atoms with Gasteiger partial charge in [0.1, 0.15) is 0 Å². The van der Waals surface area contributed by atoms with Gasteiger partial charge in [-0.3, -0.25) is 4.90 Å². The third-order valence-corrected chi connectivity index (χ3v) is 4.31. The van der Waals surface area contributed by atoms with E-state index in [2.05, 4.69) is 4.90 Å². The van der Waals surface area contributed by atoms with E-state index in [0.717, 1.165) is 38.5 Å². The summed E-state index contributed by atoms with van der Waals surface area (Å²) < 4.78 is 16.2. The van der Waals surface area contributed by atoms with Crippen LogP contribution in [0.2, 0.25) is 0 Å². The maximum atomic E-state index is 5.70. The van der Waals surface area contributed by atoms with Gasteiger partial charge in [-0.1, -0.05) is 0 Å². The Labute approximate surface area is 145 Å². The van der Waals surface area contributed by atoms with Crippen LogP contribution < -0.4 is 19.9 Å². The van der Waals surface area contributed by atoms with E-state index in [1.165, 1.54) is 18.4 Å². The first-order valence-corrected chi connectivity index (χ1v) is 7.93. The molecule has 0 saturated carbocycles. The molecule has 1 unspecified atom stereocenters. The van der Waals surface area contributed by atoms with E-state index < -0.39 is 0 Å². The summed E-state index contributed by atoms with van der Waals surface area (Å²) in [5.41, 5.74) is 6.88. The van der Waals surface area contributed by atoms with Gasteiger partial charge < -0.3 is 19.9 Å². The first-order valence-electron chi connectivity index (χ1n) is 7.93. The number of likely N-dealkylation sites (tertiary alicyclic amines) is 1. The van der Waals surface area contributed by atoms with Crippen molar-refractivity contribution in [2.75, 3.05) is 41.0 Å². The van der Waals surface area contributed by atoms with Gasteiger partial charge in [-0.2, -0.15) is 0 Å². The largest absolute Gasteiger partial charge is 0.493 e. The highest BCUT2D eigenvalue weighted by Gasteiger charge is 2.20. The zero-order valence-corrected chi connectivity index (χ0v) is 15.2. The van der Waals surface area contributed by atoms with Crippen molar-refractivity contribution in [1.29, 1.82) is 0 Å². The van der Waals surface area contributed by atoms with Crippen molar-refractivity contribution in [3.8, 4) is 17.2 Å². The molecule has 2 rings (SSSR count). The van der Waals surface area contributed by atoms with Gasteiger partial charge in [0, 0.05) is 13.1 Å². The summed E-state index contributed by atoms with van der Waals surface area (Å²) in [6.45, 7) is 3.94. The number of nitrogens with two attached hydrogens (primary N) is 1. The average molecular weight is 345 g/mol. The standard InChI is InChI=1S/C17H28N2O3.ClH/c1-20-15-9-14(10-16(21-2)17(15)22-3)12-19-8-4-5-13(11-19)6-7-18;/h9-10,13H,4-8,11-12,18H2,1-3H3;1H. The van der Waals surface area contributed by atoms with Gasteiger partial charge in [0.05, 0.1) is 21.3 Å². The Morgan fingerprint density at radius 2 is 1.78 bits per heavy atom. The SMILES string of the molecule is COc1cc(CN2CCCC(CCN)C2)cc(OC)c1OC.Cl. The number of hydrogen-bond acceptors (Lipinski definition) is 5. The number of benzene rings is 1. The fourth-order valence-electron chi connectivity index (χ4n) is 3.25. The van der Waals surface area contributed by atoms with E-state index in [1.807, 2.05) is 12.1 Å². The summed E-state index contributed by atoms with van der Waals surface area (Å²) >= 11 is 0. The summed E-state index contributed by atoms with van der Waals surface area (Å²) in [7, 11) is 4.93. The highest BCUT2D eigenvalue weighted by Crippen LogP contribution is 2.38.